The van der Waals surface area contributed by atoms with Crippen molar-refractivity contribution >= 4 is 59.2 Å². The number of hydrogen-bond acceptors (Lipinski definition) is 5. The summed E-state index contributed by atoms with van der Waals surface area (Å²) in [5, 5.41) is 2.51. The van der Waals surface area contributed by atoms with Crippen LogP contribution in [0.1, 0.15) is 0 Å². The molecule has 176 valence electrons. The minimum Gasteiger partial charge on any atom is -0.297 e. The Morgan fingerprint density at radius 3 is 1.29 bits per heavy atom. The van der Waals surface area contributed by atoms with Crippen molar-refractivity contribution in [1.29, 1.82) is 0 Å². The SMILES string of the molecule is CN(C(=O)N(C)c1ccc2ccc(S(=O)(=O)O)cc2c1)c1ccc2ccc(S(=O)(=O)O)cc2c1. The van der Waals surface area contributed by atoms with Crippen molar-refractivity contribution in [2.45, 2.75) is 9.79 Å². The van der Waals surface area contributed by atoms with E-state index in [1.165, 1.54) is 34.1 Å². The lowest BCUT2D eigenvalue weighted by atomic mass is 10.1. The van der Waals surface area contributed by atoms with Gasteiger partial charge in [-0.1, -0.05) is 24.3 Å². The summed E-state index contributed by atoms with van der Waals surface area (Å²) in [5.41, 5.74) is 0.984. The molecular weight excluding hydrogens is 480 g/mol. The van der Waals surface area contributed by atoms with Crippen LogP contribution in [0.5, 0.6) is 0 Å². The van der Waals surface area contributed by atoms with Crippen LogP contribution in [0.2, 0.25) is 0 Å². The molecule has 11 heteroatoms. The van der Waals surface area contributed by atoms with Crippen molar-refractivity contribution in [1.82, 2.24) is 0 Å². The number of rotatable bonds is 4. The Morgan fingerprint density at radius 2 is 0.941 bits per heavy atom. The van der Waals surface area contributed by atoms with Crippen LogP contribution >= 0.6 is 0 Å². The minimum absolute atomic E-state index is 0.247. The van der Waals surface area contributed by atoms with Gasteiger partial charge in [-0.05, 0) is 70.1 Å². The molecule has 0 radical (unpaired) electrons. The van der Waals surface area contributed by atoms with Crippen LogP contribution < -0.4 is 9.80 Å². The zero-order valence-corrected chi connectivity index (χ0v) is 19.7. The predicted molar refractivity (Wildman–Crippen MR) is 130 cm³/mol. The Hall–Kier alpha value is -3.51. The van der Waals surface area contributed by atoms with Gasteiger partial charge >= 0.3 is 6.03 Å². The summed E-state index contributed by atoms with van der Waals surface area (Å²) in [6.45, 7) is 0. The first-order valence-corrected chi connectivity index (χ1v) is 12.8. The van der Waals surface area contributed by atoms with E-state index in [9.17, 15) is 30.7 Å². The molecule has 0 atom stereocenters. The molecule has 4 aromatic rings. The summed E-state index contributed by atoms with van der Waals surface area (Å²) in [7, 11) is -5.61. The molecule has 0 spiro atoms. The zero-order valence-electron chi connectivity index (χ0n) is 18.1. The Morgan fingerprint density at radius 1 is 0.588 bits per heavy atom. The lowest BCUT2D eigenvalue weighted by Crippen LogP contribution is -2.38. The molecule has 0 fully saturated rings. The van der Waals surface area contributed by atoms with E-state index >= 15 is 0 Å². The molecule has 0 saturated carbocycles. The fraction of sp³-hybridized carbons (Fsp3) is 0.0870. The molecular formula is C23H20N2O7S2. The van der Waals surface area contributed by atoms with E-state index in [4.69, 9.17) is 0 Å². The molecule has 0 aromatic heterocycles. The van der Waals surface area contributed by atoms with Gasteiger partial charge in [0.05, 0.1) is 9.79 Å². The smallest absolute Gasteiger partial charge is 0.297 e. The van der Waals surface area contributed by atoms with E-state index in [1.807, 2.05) is 0 Å². The summed E-state index contributed by atoms with van der Waals surface area (Å²) < 4.78 is 64.4. The zero-order chi connectivity index (χ0) is 24.8. The molecule has 4 aromatic carbocycles. The molecule has 34 heavy (non-hydrogen) atoms. The van der Waals surface area contributed by atoms with E-state index in [-0.39, 0.29) is 9.79 Å². The molecule has 4 rings (SSSR count). The van der Waals surface area contributed by atoms with Gasteiger partial charge in [-0.2, -0.15) is 16.8 Å². The first-order chi connectivity index (χ1) is 15.8. The minimum atomic E-state index is -4.37. The van der Waals surface area contributed by atoms with Gasteiger partial charge in [0.25, 0.3) is 20.2 Å². The highest BCUT2D eigenvalue weighted by Gasteiger charge is 2.19. The topological polar surface area (TPSA) is 132 Å². The highest BCUT2D eigenvalue weighted by atomic mass is 32.2. The summed E-state index contributed by atoms with van der Waals surface area (Å²) in [5.74, 6) is 0. The van der Waals surface area contributed by atoms with Gasteiger partial charge in [-0.3, -0.25) is 18.9 Å². The fourth-order valence-electron chi connectivity index (χ4n) is 3.61. The van der Waals surface area contributed by atoms with Gasteiger partial charge in [0, 0.05) is 25.5 Å². The van der Waals surface area contributed by atoms with Crippen LogP contribution in [0, 0.1) is 0 Å². The molecule has 0 aliphatic heterocycles. The second-order valence-electron chi connectivity index (χ2n) is 7.74. The molecule has 9 nitrogen and oxygen atoms in total. The van der Waals surface area contributed by atoms with Gasteiger partial charge in [0.1, 0.15) is 0 Å². The first-order valence-electron chi connectivity index (χ1n) is 9.89. The third kappa shape index (κ3) is 4.59. The normalized spacial score (nSPS) is 12.1. The number of nitrogens with zero attached hydrogens (tertiary/aromatic N) is 2. The number of benzene rings is 4. The summed E-state index contributed by atoms with van der Waals surface area (Å²) in [6.07, 6.45) is 0. The van der Waals surface area contributed by atoms with Crippen molar-refractivity contribution in [3.05, 3.63) is 72.8 Å². The van der Waals surface area contributed by atoms with Crippen molar-refractivity contribution in [3.8, 4) is 0 Å². The number of carbonyl (C=O) groups is 1. The lowest BCUT2D eigenvalue weighted by Gasteiger charge is -2.25. The molecule has 0 aliphatic rings. The van der Waals surface area contributed by atoms with Crippen LogP contribution in [-0.2, 0) is 20.2 Å². The largest absolute Gasteiger partial charge is 0.328 e. The van der Waals surface area contributed by atoms with Crippen LogP contribution in [0.25, 0.3) is 21.5 Å². The van der Waals surface area contributed by atoms with Gasteiger partial charge in [-0.25, -0.2) is 4.79 Å². The van der Waals surface area contributed by atoms with Crippen LogP contribution in [0.15, 0.2) is 82.6 Å². The van der Waals surface area contributed by atoms with Gasteiger partial charge in [-0.15, -0.1) is 0 Å². The molecule has 0 unspecified atom stereocenters. The van der Waals surface area contributed by atoms with E-state index in [1.54, 1.807) is 62.6 Å². The molecule has 2 N–H and O–H groups in total. The van der Waals surface area contributed by atoms with Crippen molar-refractivity contribution in [3.63, 3.8) is 0 Å². The van der Waals surface area contributed by atoms with Gasteiger partial charge in [0.2, 0.25) is 0 Å². The number of carbonyl (C=O) groups excluding carboxylic acids is 1. The second-order valence-corrected chi connectivity index (χ2v) is 10.6. The monoisotopic (exact) mass is 500 g/mol. The molecule has 0 bridgehead atoms. The van der Waals surface area contributed by atoms with E-state index in [0.717, 1.165) is 10.8 Å². The lowest BCUT2D eigenvalue weighted by molar-refractivity contribution is 0.253. The summed E-state index contributed by atoms with van der Waals surface area (Å²) in [4.78, 5) is 15.4. The molecule has 0 saturated heterocycles. The average molecular weight is 501 g/mol. The van der Waals surface area contributed by atoms with E-state index < -0.39 is 26.3 Å². The molecule has 0 aliphatic carbocycles. The van der Waals surface area contributed by atoms with E-state index in [2.05, 4.69) is 0 Å². The first kappa shape index (κ1) is 23.6. The van der Waals surface area contributed by atoms with Crippen LogP contribution in [0.4, 0.5) is 16.2 Å². The highest BCUT2D eigenvalue weighted by molar-refractivity contribution is 7.86. The second kappa shape index (κ2) is 8.37. The van der Waals surface area contributed by atoms with Crippen molar-refractivity contribution in [2.75, 3.05) is 23.9 Å². The Kier molecular flexibility index (Phi) is 5.82. The molecule has 2 amide bonds. The summed E-state index contributed by atoms with van der Waals surface area (Å²) >= 11 is 0. The maximum Gasteiger partial charge on any atom is 0.328 e. The quantitative estimate of drug-likeness (QED) is 0.402. The van der Waals surface area contributed by atoms with Crippen molar-refractivity contribution in [2.24, 2.45) is 0 Å². The Bertz CT molecular complexity index is 1540. The number of anilines is 2. The number of urea groups is 1. The summed E-state index contributed by atoms with van der Waals surface area (Å²) in [6, 6.07) is 18.1. The maximum absolute atomic E-state index is 13.1. The third-order valence-electron chi connectivity index (χ3n) is 5.53. The van der Waals surface area contributed by atoms with Crippen LogP contribution in [0.3, 0.4) is 0 Å². The highest BCUT2D eigenvalue weighted by Crippen LogP contribution is 2.28. The van der Waals surface area contributed by atoms with Crippen molar-refractivity contribution < 1.29 is 30.7 Å². The van der Waals surface area contributed by atoms with Crippen LogP contribution in [-0.4, -0.2) is 46.1 Å². The maximum atomic E-state index is 13.1. The van der Waals surface area contributed by atoms with Gasteiger partial charge < -0.3 is 0 Å². The Balaban J connectivity index is 1.66. The average Bonchev–Trinajstić information content (AvgIpc) is 2.80. The number of hydrogen-bond donors (Lipinski definition) is 2. The standard InChI is InChI=1S/C23H20N2O7S2/c1-24(19-7-3-15-5-9-21(33(27,28)29)13-17(15)11-19)23(26)25(2)20-8-4-16-6-10-22(34(30,31)32)14-18(16)12-20/h3-14H,1-2H3,(H,27,28,29)(H,30,31,32). The number of amides is 2. The third-order valence-corrected chi connectivity index (χ3v) is 7.23. The van der Waals surface area contributed by atoms with Gasteiger partial charge in [0.15, 0.2) is 0 Å². The van der Waals surface area contributed by atoms with E-state index in [0.29, 0.717) is 22.1 Å². The Labute approximate surface area is 196 Å². The fourth-order valence-corrected chi connectivity index (χ4v) is 4.64. The molecule has 0 heterocycles. The predicted octanol–water partition coefficient (Wildman–Crippen LogP) is 4.18. The number of fused-ring (bicyclic) bond motifs is 2.